The van der Waals surface area contributed by atoms with Crippen LogP contribution in [-0.4, -0.2) is 59.1 Å². The summed E-state index contributed by atoms with van der Waals surface area (Å²) in [7, 11) is 0. The number of aliphatic hydroxyl groups is 1. The Morgan fingerprint density at radius 3 is 2.52 bits per heavy atom. The first-order valence-corrected chi connectivity index (χ1v) is 11.3. The number of esters is 3. The molecule has 2 saturated heterocycles. The van der Waals surface area contributed by atoms with Crippen LogP contribution in [0.3, 0.4) is 0 Å². The maximum Gasteiger partial charge on any atom is 0.341 e. The summed E-state index contributed by atoms with van der Waals surface area (Å²) < 4.78 is 23.1. The highest BCUT2D eigenvalue weighted by molar-refractivity contribution is 5.92. The van der Waals surface area contributed by atoms with Gasteiger partial charge >= 0.3 is 17.9 Å². The predicted molar refractivity (Wildman–Crippen MR) is 117 cm³/mol. The van der Waals surface area contributed by atoms with E-state index in [1.54, 1.807) is 40.7 Å². The highest BCUT2D eigenvalue weighted by atomic mass is 16.7. The van der Waals surface area contributed by atoms with Crippen molar-refractivity contribution >= 4 is 17.9 Å². The second-order valence-corrected chi connectivity index (χ2v) is 10.00. The van der Waals surface area contributed by atoms with Crippen LogP contribution in [0.25, 0.3) is 0 Å². The molecule has 9 unspecified atom stereocenters. The molecular weight excluding hydrogens is 428 g/mol. The van der Waals surface area contributed by atoms with E-state index in [-0.39, 0.29) is 11.7 Å². The third-order valence-corrected chi connectivity index (χ3v) is 8.17. The van der Waals surface area contributed by atoms with Crippen molar-refractivity contribution in [2.24, 2.45) is 17.3 Å². The minimum absolute atomic E-state index is 0.161. The zero-order chi connectivity index (χ0) is 24.5. The molecule has 4 rings (SSSR count). The van der Waals surface area contributed by atoms with Crippen LogP contribution >= 0.6 is 0 Å². The minimum atomic E-state index is -1.11. The standard InChI is InChI=1S/C25H32O8/c1-8-11(2)21(27)31-19-16-13(4)22(28)30-18(16)17-12(3)9-10-15(26)24(17,6)20(19)32-23(29)25(7)14(5)33-25/h8-9,14-20,26H,4,10H2,1-3,5-7H3. The molecule has 8 heteroatoms. The summed E-state index contributed by atoms with van der Waals surface area (Å²) in [5.41, 5.74) is -0.748. The molecule has 0 amide bonds. The number of aliphatic hydroxyl groups excluding tert-OH is 1. The van der Waals surface area contributed by atoms with Crippen LogP contribution in [0.15, 0.2) is 35.5 Å². The molecular formula is C25H32O8. The second kappa shape index (κ2) is 7.81. The van der Waals surface area contributed by atoms with E-state index in [0.717, 1.165) is 5.57 Å². The van der Waals surface area contributed by atoms with Crippen LogP contribution in [-0.2, 0) is 33.3 Å². The lowest BCUT2D eigenvalue weighted by Crippen LogP contribution is -2.67. The Labute approximate surface area is 193 Å². The Kier molecular flexibility index (Phi) is 5.61. The molecule has 0 spiro atoms. The zero-order valence-corrected chi connectivity index (χ0v) is 19.9. The monoisotopic (exact) mass is 460 g/mol. The van der Waals surface area contributed by atoms with Gasteiger partial charge in [-0.2, -0.15) is 0 Å². The van der Waals surface area contributed by atoms with Crippen molar-refractivity contribution in [1.82, 2.24) is 0 Å². The van der Waals surface area contributed by atoms with Crippen LogP contribution < -0.4 is 0 Å². The molecule has 0 aromatic carbocycles. The smallest absolute Gasteiger partial charge is 0.341 e. The van der Waals surface area contributed by atoms with Gasteiger partial charge in [-0.25, -0.2) is 14.4 Å². The SMILES string of the molecule is C=C1C(=O)OC2C1C(OC(=O)C(C)=CC)C(OC(=O)C1(C)OC1C)C1(C)C(O)CC=C(C)C21. The van der Waals surface area contributed by atoms with Crippen LogP contribution in [0, 0.1) is 17.3 Å². The third kappa shape index (κ3) is 3.37. The van der Waals surface area contributed by atoms with Gasteiger partial charge in [0.25, 0.3) is 0 Å². The van der Waals surface area contributed by atoms with Gasteiger partial charge < -0.3 is 24.1 Å². The number of hydrogen-bond acceptors (Lipinski definition) is 8. The average Bonchev–Trinajstić information content (AvgIpc) is 3.28. The second-order valence-electron chi connectivity index (χ2n) is 10.00. The molecule has 2 aliphatic heterocycles. The Morgan fingerprint density at radius 1 is 1.30 bits per heavy atom. The molecule has 0 aromatic rings. The van der Waals surface area contributed by atoms with E-state index in [1.807, 2.05) is 13.0 Å². The number of carbonyl (C=O) groups excluding carboxylic acids is 3. The van der Waals surface area contributed by atoms with Crippen molar-refractivity contribution in [2.45, 2.75) is 84.1 Å². The molecule has 2 heterocycles. The number of rotatable bonds is 4. The fourth-order valence-corrected chi connectivity index (χ4v) is 5.61. The van der Waals surface area contributed by atoms with Crippen molar-refractivity contribution in [3.05, 3.63) is 35.5 Å². The maximum absolute atomic E-state index is 13.2. The third-order valence-electron chi connectivity index (χ3n) is 8.17. The molecule has 1 saturated carbocycles. The normalized spacial score (nSPS) is 44.3. The van der Waals surface area contributed by atoms with E-state index >= 15 is 0 Å². The quantitative estimate of drug-likeness (QED) is 0.224. The fraction of sp³-hybridized carbons (Fsp3) is 0.640. The van der Waals surface area contributed by atoms with Gasteiger partial charge in [-0.1, -0.05) is 31.2 Å². The van der Waals surface area contributed by atoms with Gasteiger partial charge in [-0.05, 0) is 41.0 Å². The largest absolute Gasteiger partial charge is 0.458 e. The van der Waals surface area contributed by atoms with E-state index < -0.39 is 65.2 Å². The summed E-state index contributed by atoms with van der Waals surface area (Å²) in [4.78, 5) is 38.6. The highest BCUT2D eigenvalue weighted by Gasteiger charge is 2.69. The van der Waals surface area contributed by atoms with Gasteiger partial charge in [0, 0.05) is 22.5 Å². The predicted octanol–water partition coefficient (Wildman–Crippen LogP) is 2.40. The summed E-state index contributed by atoms with van der Waals surface area (Å²) in [6.45, 7) is 14.3. The molecule has 0 aromatic heterocycles. The summed E-state index contributed by atoms with van der Waals surface area (Å²) in [5, 5.41) is 11.2. The lowest BCUT2D eigenvalue weighted by molar-refractivity contribution is -0.231. The average molecular weight is 461 g/mol. The first-order chi connectivity index (χ1) is 15.4. The Morgan fingerprint density at radius 2 is 1.94 bits per heavy atom. The van der Waals surface area contributed by atoms with Crippen LogP contribution in [0.5, 0.6) is 0 Å². The summed E-state index contributed by atoms with van der Waals surface area (Å²) in [6, 6.07) is 0. The molecule has 180 valence electrons. The number of fused-ring (bicyclic) bond motifs is 3. The lowest BCUT2D eigenvalue weighted by Gasteiger charge is -2.56. The van der Waals surface area contributed by atoms with E-state index in [2.05, 4.69) is 6.58 Å². The number of epoxide rings is 1. The summed E-state index contributed by atoms with van der Waals surface area (Å²) >= 11 is 0. The molecule has 3 fully saturated rings. The number of carbonyl (C=O) groups is 3. The fourth-order valence-electron chi connectivity index (χ4n) is 5.61. The molecule has 2 aliphatic carbocycles. The molecule has 1 N–H and O–H groups in total. The molecule has 9 atom stereocenters. The molecule has 0 radical (unpaired) electrons. The van der Waals surface area contributed by atoms with Crippen LogP contribution in [0.2, 0.25) is 0 Å². The molecule has 8 nitrogen and oxygen atoms in total. The van der Waals surface area contributed by atoms with Crippen molar-refractivity contribution < 1.29 is 38.4 Å². The van der Waals surface area contributed by atoms with Crippen LogP contribution in [0.1, 0.15) is 48.0 Å². The van der Waals surface area contributed by atoms with Gasteiger partial charge in [0.1, 0.15) is 12.2 Å². The van der Waals surface area contributed by atoms with E-state index in [9.17, 15) is 19.5 Å². The summed E-state index contributed by atoms with van der Waals surface area (Å²) in [5.74, 6) is -2.95. The summed E-state index contributed by atoms with van der Waals surface area (Å²) in [6.07, 6.45) is -0.215. The molecule has 33 heavy (non-hydrogen) atoms. The van der Waals surface area contributed by atoms with E-state index in [0.29, 0.717) is 12.0 Å². The van der Waals surface area contributed by atoms with Gasteiger partial charge in [0.05, 0.1) is 18.1 Å². The Balaban J connectivity index is 1.84. The zero-order valence-electron chi connectivity index (χ0n) is 19.9. The van der Waals surface area contributed by atoms with Crippen molar-refractivity contribution in [2.75, 3.05) is 0 Å². The van der Waals surface area contributed by atoms with Gasteiger partial charge in [-0.3, -0.25) is 0 Å². The van der Waals surface area contributed by atoms with Gasteiger partial charge in [0.2, 0.25) is 0 Å². The Bertz CT molecular complexity index is 979. The number of allylic oxidation sites excluding steroid dienone is 1. The topological polar surface area (TPSA) is 112 Å². The van der Waals surface area contributed by atoms with E-state index in [4.69, 9.17) is 18.9 Å². The van der Waals surface area contributed by atoms with Crippen molar-refractivity contribution in [1.29, 1.82) is 0 Å². The first kappa shape index (κ1) is 23.7. The lowest BCUT2D eigenvalue weighted by atomic mass is 9.53. The molecule has 0 bridgehead atoms. The highest BCUT2D eigenvalue weighted by Crippen LogP contribution is 2.58. The maximum atomic E-state index is 13.2. The van der Waals surface area contributed by atoms with Crippen LogP contribution in [0.4, 0.5) is 0 Å². The van der Waals surface area contributed by atoms with Crippen molar-refractivity contribution in [3.8, 4) is 0 Å². The molecule has 4 aliphatic rings. The van der Waals surface area contributed by atoms with Gasteiger partial charge in [-0.15, -0.1) is 0 Å². The Hall–Kier alpha value is -2.45. The van der Waals surface area contributed by atoms with E-state index in [1.165, 1.54) is 0 Å². The number of hydrogen-bond donors (Lipinski definition) is 1. The first-order valence-electron chi connectivity index (χ1n) is 11.3. The minimum Gasteiger partial charge on any atom is -0.458 e. The van der Waals surface area contributed by atoms with Crippen molar-refractivity contribution in [3.63, 3.8) is 0 Å². The van der Waals surface area contributed by atoms with Gasteiger partial charge in [0.15, 0.2) is 11.7 Å². The number of ether oxygens (including phenoxy) is 4.